The first-order chi connectivity index (χ1) is 14.8. The number of rotatable bonds is 21. The molecule has 0 fully saturated rings. The Labute approximate surface area is 190 Å². The van der Waals surface area contributed by atoms with Crippen LogP contribution in [-0.2, 0) is 0 Å². The van der Waals surface area contributed by atoms with Crippen LogP contribution in [0.1, 0.15) is 130 Å². The molecule has 0 bridgehead atoms. The Morgan fingerprint density at radius 1 is 0.467 bits per heavy atom. The molecule has 30 heavy (non-hydrogen) atoms. The lowest BCUT2D eigenvalue weighted by Gasteiger charge is -2.36. The van der Waals surface area contributed by atoms with Crippen molar-refractivity contribution in [2.24, 2.45) is 0 Å². The van der Waals surface area contributed by atoms with Crippen molar-refractivity contribution in [1.29, 1.82) is 0 Å². The lowest BCUT2D eigenvalue weighted by molar-refractivity contribution is 0.291. The van der Waals surface area contributed by atoms with Crippen LogP contribution in [0.25, 0.3) is 0 Å². The largest absolute Gasteiger partial charge is 0.292 e. The number of nitrogens with zero attached hydrogens (tertiary/aromatic N) is 1. The molecule has 0 N–H and O–H groups in total. The first kappa shape index (κ1) is 27.2. The zero-order valence-corrected chi connectivity index (χ0v) is 21.0. The number of benzene rings is 1. The van der Waals surface area contributed by atoms with E-state index in [4.69, 9.17) is 0 Å². The number of hydrogen-bond acceptors (Lipinski definition) is 0. The Kier molecular flexibility index (Phi) is 17.2. The second-order valence-corrected chi connectivity index (χ2v) is 9.49. The van der Waals surface area contributed by atoms with Crippen LogP contribution in [-0.4, -0.2) is 19.6 Å². The van der Waals surface area contributed by atoms with Crippen molar-refractivity contribution >= 4 is 5.69 Å². The molecule has 0 unspecified atom stereocenters. The van der Waals surface area contributed by atoms with Gasteiger partial charge in [0.2, 0.25) is 0 Å². The van der Waals surface area contributed by atoms with Gasteiger partial charge in [0.1, 0.15) is 5.69 Å². The molecule has 0 heterocycles. The van der Waals surface area contributed by atoms with Crippen LogP contribution < -0.4 is 4.48 Å². The van der Waals surface area contributed by atoms with Crippen molar-refractivity contribution in [3.63, 3.8) is 0 Å². The maximum absolute atomic E-state index is 2.35. The zero-order valence-electron chi connectivity index (χ0n) is 21.0. The highest BCUT2D eigenvalue weighted by Crippen LogP contribution is 2.24. The van der Waals surface area contributed by atoms with Crippen LogP contribution in [0.2, 0.25) is 0 Å². The predicted molar refractivity (Wildman–Crippen MR) is 138 cm³/mol. The summed E-state index contributed by atoms with van der Waals surface area (Å²) in [6.45, 7) is 10.7. The fourth-order valence-corrected chi connectivity index (χ4v) is 4.92. The monoisotopic (exact) mass is 416 g/mol. The Morgan fingerprint density at radius 2 is 0.833 bits per heavy atom. The van der Waals surface area contributed by atoms with Gasteiger partial charge in [-0.1, -0.05) is 121 Å². The molecule has 0 radical (unpaired) electrons. The van der Waals surface area contributed by atoms with Crippen molar-refractivity contribution in [2.45, 2.75) is 130 Å². The zero-order chi connectivity index (χ0) is 21.8. The molecule has 1 aromatic rings. The molecule has 0 saturated heterocycles. The second-order valence-electron chi connectivity index (χ2n) is 9.49. The van der Waals surface area contributed by atoms with Crippen molar-refractivity contribution in [3.8, 4) is 0 Å². The van der Waals surface area contributed by atoms with Gasteiger partial charge in [-0.3, -0.25) is 4.48 Å². The summed E-state index contributed by atoms with van der Waals surface area (Å²) in [4.78, 5) is 0. The minimum Gasteiger partial charge on any atom is -0.292 e. The van der Waals surface area contributed by atoms with Crippen molar-refractivity contribution in [2.75, 3.05) is 19.6 Å². The Bertz CT molecular complexity index is 463. The predicted octanol–water partition coefficient (Wildman–Crippen LogP) is 9.69. The Morgan fingerprint density at radius 3 is 1.20 bits per heavy atom. The van der Waals surface area contributed by atoms with Gasteiger partial charge in [0, 0.05) is 0 Å². The maximum Gasteiger partial charge on any atom is 0.132 e. The first-order valence-electron chi connectivity index (χ1n) is 13.7. The van der Waals surface area contributed by atoms with Crippen LogP contribution in [0.4, 0.5) is 5.69 Å². The van der Waals surface area contributed by atoms with E-state index in [0.717, 1.165) is 4.48 Å². The van der Waals surface area contributed by atoms with Gasteiger partial charge >= 0.3 is 0 Å². The third-order valence-corrected chi connectivity index (χ3v) is 7.20. The molecule has 0 aliphatic rings. The molecule has 0 amide bonds. The van der Waals surface area contributed by atoms with Gasteiger partial charge in [0.05, 0.1) is 19.6 Å². The number of hydrogen-bond donors (Lipinski definition) is 0. The number of quaternary nitrogens is 1. The summed E-state index contributed by atoms with van der Waals surface area (Å²) in [5, 5.41) is 0. The van der Waals surface area contributed by atoms with E-state index in [9.17, 15) is 0 Å². The molecule has 1 nitrogen and oxygen atoms in total. The van der Waals surface area contributed by atoms with Crippen LogP contribution in [0.5, 0.6) is 0 Å². The van der Waals surface area contributed by atoms with Gasteiger partial charge in [-0.15, -0.1) is 0 Å². The summed E-state index contributed by atoms with van der Waals surface area (Å²) in [6.07, 6.45) is 24.6. The van der Waals surface area contributed by atoms with Crippen LogP contribution in [0, 0.1) is 0 Å². The van der Waals surface area contributed by atoms with Crippen molar-refractivity contribution in [1.82, 2.24) is 4.48 Å². The minimum atomic E-state index is 1.15. The SMILES string of the molecule is CCCCCCCCCCCCCCCCCCC[N+](CC)(CC)c1ccccc1. The average Bonchev–Trinajstić information content (AvgIpc) is 2.79. The Hall–Kier alpha value is -0.820. The van der Waals surface area contributed by atoms with Gasteiger partial charge in [0.15, 0.2) is 0 Å². The molecule has 174 valence electrons. The molecule has 1 rings (SSSR count). The highest BCUT2D eigenvalue weighted by Gasteiger charge is 2.25. The number of unbranched alkanes of at least 4 members (excludes halogenated alkanes) is 16. The standard InChI is InChI=1S/C29H54N/c1-4-7-8-9-10-11-12-13-14-15-16-17-18-19-20-21-25-28-30(5-2,6-3)29-26-23-22-24-27-29/h22-24,26-27H,4-21,25,28H2,1-3H3/q+1. The summed E-state index contributed by atoms with van der Waals surface area (Å²) in [6, 6.07) is 11.2. The average molecular weight is 417 g/mol. The van der Waals surface area contributed by atoms with E-state index in [1.165, 1.54) is 134 Å². The van der Waals surface area contributed by atoms with E-state index in [1.54, 1.807) is 0 Å². The lowest BCUT2D eigenvalue weighted by atomic mass is 10.0. The van der Waals surface area contributed by atoms with E-state index >= 15 is 0 Å². The highest BCUT2D eigenvalue weighted by atomic mass is 15.3. The topological polar surface area (TPSA) is 0 Å². The molecule has 0 atom stereocenters. The molecular formula is C29H54N+. The van der Waals surface area contributed by atoms with Gasteiger partial charge in [-0.05, 0) is 38.8 Å². The molecule has 0 aliphatic carbocycles. The smallest absolute Gasteiger partial charge is 0.132 e. The number of para-hydroxylation sites is 1. The molecular weight excluding hydrogens is 362 g/mol. The third kappa shape index (κ3) is 12.1. The quantitative estimate of drug-likeness (QED) is 0.138. The third-order valence-electron chi connectivity index (χ3n) is 7.20. The molecule has 0 saturated carbocycles. The fraction of sp³-hybridized carbons (Fsp3) is 0.793. The van der Waals surface area contributed by atoms with E-state index in [1.807, 2.05) is 0 Å². The van der Waals surface area contributed by atoms with Crippen molar-refractivity contribution < 1.29 is 0 Å². The normalized spacial score (nSPS) is 11.8. The van der Waals surface area contributed by atoms with Crippen LogP contribution >= 0.6 is 0 Å². The molecule has 0 aromatic heterocycles. The van der Waals surface area contributed by atoms with Gasteiger partial charge in [-0.25, -0.2) is 0 Å². The molecule has 0 aliphatic heterocycles. The molecule has 1 heteroatoms. The summed E-state index contributed by atoms with van der Waals surface area (Å²) in [5.41, 5.74) is 1.50. The molecule has 0 spiro atoms. The van der Waals surface area contributed by atoms with E-state index in [0.29, 0.717) is 0 Å². The summed E-state index contributed by atoms with van der Waals surface area (Å²) < 4.78 is 1.15. The maximum atomic E-state index is 2.35. The molecule has 1 aromatic carbocycles. The van der Waals surface area contributed by atoms with E-state index in [2.05, 4.69) is 51.1 Å². The summed E-state index contributed by atoms with van der Waals surface area (Å²) in [5.74, 6) is 0. The summed E-state index contributed by atoms with van der Waals surface area (Å²) >= 11 is 0. The Balaban J connectivity index is 1.92. The van der Waals surface area contributed by atoms with Gasteiger partial charge < -0.3 is 0 Å². The minimum absolute atomic E-state index is 1.15. The van der Waals surface area contributed by atoms with Gasteiger partial charge in [-0.2, -0.15) is 0 Å². The lowest BCUT2D eigenvalue weighted by Crippen LogP contribution is -2.49. The first-order valence-corrected chi connectivity index (χ1v) is 13.7. The van der Waals surface area contributed by atoms with Crippen molar-refractivity contribution in [3.05, 3.63) is 30.3 Å². The highest BCUT2D eigenvalue weighted by molar-refractivity contribution is 5.42. The van der Waals surface area contributed by atoms with Gasteiger partial charge in [0.25, 0.3) is 0 Å². The van der Waals surface area contributed by atoms with Crippen LogP contribution in [0.3, 0.4) is 0 Å². The fourth-order valence-electron chi connectivity index (χ4n) is 4.92. The van der Waals surface area contributed by atoms with E-state index in [-0.39, 0.29) is 0 Å². The summed E-state index contributed by atoms with van der Waals surface area (Å²) in [7, 11) is 0. The van der Waals surface area contributed by atoms with Crippen LogP contribution in [0.15, 0.2) is 30.3 Å². The van der Waals surface area contributed by atoms with E-state index < -0.39 is 0 Å². The second kappa shape index (κ2) is 18.9.